The average molecular weight is 288 g/mol. The molecule has 0 saturated carbocycles. The molecule has 110 valence electrons. The quantitative estimate of drug-likeness (QED) is 0.799. The van der Waals surface area contributed by atoms with Crippen molar-refractivity contribution in [1.82, 2.24) is 10.2 Å². The van der Waals surface area contributed by atoms with Crippen molar-refractivity contribution < 1.29 is 13.2 Å². The maximum absolute atomic E-state index is 12.8. The van der Waals surface area contributed by atoms with Crippen LogP contribution in [0.25, 0.3) is 0 Å². The number of likely N-dealkylation sites (tertiary alicyclic amines) is 1. The molecular formula is C13H24N2O3S. The molecule has 2 heterocycles. The van der Waals surface area contributed by atoms with E-state index in [2.05, 4.69) is 12.2 Å². The lowest BCUT2D eigenvalue weighted by molar-refractivity contribution is -0.135. The monoisotopic (exact) mass is 288 g/mol. The molecule has 19 heavy (non-hydrogen) atoms. The molecule has 0 aliphatic carbocycles. The van der Waals surface area contributed by atoms with Gasteiger partial charge in [-0.05, 0) is 45.2 Å². The van der Waals surface area contributed by atoms with E-state index in [9.17, 15) is 13.2 Å². The van der Waals surface area contributed by atoms with E-state index < -0.39 is 14.6 Å². The minimum atomic E-state index is -3.40. The molecule has 1 amide bonds. The molecule has 1 N–H and O–H groups in total. The minimum absolute atomic E-state index is 0.140. The average Bonchev–Trinajstić information content (AvgIpc) is 2.69. The van der Waals surface area contributed by atoms with Crippen LogP contribution in [-0.4, -0.2) is 55.9 Å². The second-order valence-electron chi connectivity index (χ2n) is 6.02. The van der Waals surface area contributed by atoms with Crippen LogP contribution in [0.3, 0.4) is 0 Å². The SMILES string of the molecule is CC1CCN(C(=O)C2(S(C)(=O)=O)CCNCC2)C1C. The Balaban J connectivity index is 2.32. The third-order valence-electron chi connectivity index (χ3n) is 4.91. The molecule has 6 heteroatoms. The topological polar surface area (TPSA) is 66.5 Å². The number of sulfone groups is 1. The van der Waals surface area contributed by atoms with Gasteiger partial charge in [0.05, 0.1) is 0 Å². The standard InChI is InChI=1S/C13H24N2O3S/c1-10-4-9-15(11(10)2)12(16)13(19(3,17)18)5-7-14-8-6-13/h10-11,14H,4-9H2,1-3H3. The summed E-state index contributed by atoms with van der Waals surface area (Å²) in [7, 11) is -3.40. The highest BCUT2D eigenvalue weighted by Crippen LogP contribution is 2.34. The molecule has 0 aromatic carbocycles. The molecule has 0 aromatic heterocycles. The lowest BCUT2D eigenvalue weighted by Crippen LogP contribution is -2.59. The number of nitrogens with zero attached hydrogens (tertiary/aromatic N) is 1. The molecule has 2 rings (SSSR count). The van der Waals surface area contributed by atoms with E-state index in [1.165, 1.54) is 6.26 Å². The molecule has 0 bridgehead atoms. The van der Waals surface area contributed by atoms with Crippen LogP contribution < -0.4 is 5.32 Å². The van der Waals surface area contributed by atoms with E-state index in [0.29, 0.717) is 38.4 Å². The molecule has 2 fully saturated rings. The van der Waals surface area contributed by atoms with Crippen molar-refractivity contribution in [1.29, 1.82) is 0 Å². The van der Waals surface area contributed by atoms with Gasteiger partial charge in [-0.3, -0.25) is 4.79 Å². The Labute approximate surface area is 115 Å². The predicted molar refractivity (Wildman–Crippen MR) is 74.6 cm³/mol. The van der Waals surface area contributed by atoms with Crippen LogP contribution in [-0.2, 0) is 14.6 Å². The Hall–Kier alpha value is -0.620. The zero-order valence-corrected chi connectivity index (χ0v) is 12.8. The van der Waals surface area contributed by atoms with Crippen LogP contribution in [0.5, 0.6) is 0 Å². The number of carbonyl (C=O) groups excluding carboxylic acids is 1. The first-order chi connectivity index (χ1) is 8.79. The van der Waals surface area contributed by atoms with Crippen LogP contribution >= 0.6 is 0 Å². The molecule has 2 unspecified atom stereocenters. The number of hydrogen-bond donors (Lipinski definition) is 1. The van der Waals surface area contributed by atoms with Crippen molar-refractivity contribution in [2.75, 3.05) is 25.9 Å². The molecule has 5 nitrogen and oxygen atoms in total. The van der Waals surface area contributed by atoms with Gasteiger partial charge >= 0.3 is 0 Å². The molecule has 2 aliphatic heterocycles. The zero-order valence-electron chi connectivity index (χ0n) is 12.0. The van der Waals surface area contributed by atoms with Crippen LogP contribution in [0.4, 0.5) is 0 Å². The predicted octanol–water partition coefficient (Wildman–Crippen LogP) is 0.410. The normalized spacial score (nSPS) is 31.4. The van der Waals surface area contributed by atoms with Gasteiger partial charge < -0.3 is 10.2 Å². The minimum Gasteiger partial charge on any atom is -0.338 e. The highest BCUT2D eigenvalue weighted by atomic mass is 32.2. The van der Waals surface area contributed by atoms with E-state index in [1.54, 1.807) is 4.90 Å². The number of piperidine rings is 1. The van der Waals surface area contributed by atoms with Gasteiger partial charge in [0, 0.05) is 18.8 Å². The third-order valence-corrected chi connectivity index (χ3v) is 6.91. The van der Waals surface area contributed by atoms with Crippen molar-refractivity contribution in [2.24, 2.45) is 5.92 Å². The number of rotatable bonds is 2. The molecule has 2 atom stereocenters. The van der Waals surface area contributed by atoms with Crippen LogP contribution in [0.1, 0.15) is 33.1 Å². The first-order valence-corrected chi connectivity index (χ1v) is 8.90. The van der Waals surface area contributed by atoms with E-state index in [0.717, 1.165) is 6.42 Å². The van der Waals surface area contributed by atoms with Gasteiger partial charge in [-0.25, -0.2) is 8.42 Å². The Morgan fingerprint density at radius 3 is 2.26 bits per heavy atom. The van der Waals surface area contributed by atoms with Crippen molar-refractivity contribution in [3.8, 4) is 0 Å². The maximum Gasteiger partial charge on any atom is 0.244 e. The van der Waals surface area contributed by atoms with Crippen molar-refractivity contribution in [3.05, 3.63) is 0 Å². The number of hydrogen-bond acceptors (Lipinski definition) is 4. The van der Waals surface area contributed by atoms with Crippen LogP contribution in [0.15, 0.2) is 0 Å². The molecular weight excluding hydrogens is 264 g/mol. The van der Waals surface area contributed by atoms with Crippen molar-refractivity contribution >= 4 is 15.7 Å². The number of amides is 1. The Kier molecular flexibility index (Phi) is 3.93. The summed E-state index contributed by atoms with van der Waals surface area (Å²) in [6.45, 7) is 6.01. The highest BCUT2D eigenvalue weighted by Gasteiger charge is 2.52. The molecule has 0 aromatic rings. The smallest absolute Gasteiger partial charge is 0.244 e. The van der Waals surface area contributed by atoms with Gasteiger partial charge in [0.1, 0.15) is 0 Å². The molecule has 0 radical (unpaired) electrons. The number of carbonyl (C=O) groups is 1. The summed E-state index contributed by atoms with van der Waals surface area (Å²) in [5.74, 6) is 0.274. The molecule has 0 spiro atoms. The zero-order chi connectivity index (χ0) is 14.3. The van der Waals surface area contributed by atoms with Gasteiger partial charge in [-0.2, -0.15) is 0 Å². The summed E-state index contributed by atoms with van der Waals surface area (Å²) in [6, 6.07) is 0.140. The molecule has 2 aliphatic rings. The van der Waals surface area contributed by atoms with Crippen LogP contribution in [0, 0.1) is 5.92 Å². The van der Waals surface area contributed by atoms with Gasteiger partial charge in [-0.15, -0.1) is 0 Å². The van der Waals surface area contributed by atoms with Crippen LogP contribution in [0.2, 0.25) is 0 Å². The van der Waals surface area contributed by atoms with Crippen molar-refractivity contribution in [2.45, 2.75) is 43.9 Å². The summed E-state index contributed by atoms with van der Waals surface area (Å²) in [5, 5.41) is 3.14. The first-order valence-electron chi connectivity index (χ1n) is 7.01. The van der Waals surface area contributed by atoms with E-state index >= 15 is 0 Å². The second kappa shape index (κ2) is 5.05. The maximum atomic E-state index is 12.8. The molecule has 2 saturated heterocycles. The Morgan fingerprint density at radius 2 is 1.84 bits per heavy atom. The van der Waals surface area contributed by atoms with Crippen molar-refractivity contribution in [3.63, 3.8) is 0 Å². The van der Waals surface area contributed by atoms with Gasteiger partial charge in [0.15, 0.2) is 14.6 Å². The Morgan fingerprint density at radius 1 is 1.26 bits per heavy atom. The lowest BCUT2D eigenvalue weighted by atomic mass is 9.94. The lowest BCUT2D eigenvalue weighted by Gasteiger charge is -2.39. The number of nitrogens with one attached hydrogen (secondary N) is 1. The fraction of sp³-hybridized carbons (Fsp3) is 0.923. The fourth-order valence-corrected chi connectivity index (χ4v) is 4.60. The van der Waals surface area contributed by atoms with Gasteiger partial charge in [0.25, 0.3) is 0 Å². The summed E-state index contributed by atoms with van der Waals surface area (Å²) in [5.41, 5.74) is 0. The summed E-state index contributed by atoms with van der Waals surface area (Å²) < 4.78 is 23.2. The van der Waals surface area contributed by atoms with E-state index in [4.69, 9.17) is 0 Å². The van der Waals surface area contributed by atoms with E-state index in [1.807, 2.05) is 6.92 Å². The first kappa shape index (κ1) is 14.8. The Bertz CT molecular complexity index is 455. The highest BCUT2D eigenvalue weighted by molar-refractivity contribution is 7.92. The third kappa shape index (κ3) is 2.40. The van der Waals surface area contributed by atoms with E-state index in [-0.39, 0.29) is 11.9 Å². The summed E-state index contributed by atoms with van der Waals surface area (Å²) in [6.07, 6.45) is 2.95. The largest absolute Gasteiger partial charge is 0.338 e. The summed E-state index contributed by atoms with van der Waals surface area (Å²) >= 11 is 0. The second-order valence-corrected chi connectivity index (χ2v) is 8.35. The fourth-order valence-electron chi connectivity index (χ4n) is 3.22. The van der Waals surface area contributed by atoms with Gasteiger partial charge in [0.2, 0.25) is 5.91 Å². The van der Waals surface area contributed by atoms with Gasteiger partial charge in [-0.1, -0.05) is 6.92 Å². The summed E-state index contributed by atoms with van der Waals surface area (Å²) in [4.78, 5) is 14.6.